The quantitative estimate of drug-likeness (QED) is 0.531. The molecular formula is C14H10Br3FO. The molecule has 0 spiro atoms. The zero-order chi connectivity index (χ0) is 14.0. The highest BCUT2D eigenvalue weighted by molar-refractivity contribution is 9.11. The highest BCUT2D eigenvalue weighted by Crippen LogP contribution is 2.41. The first kappa shape index (κ1) is 15.0. The molecule has 0 fully saturated rings. The molecule has 1 nitrogen and oxygen atoms in total. The number of hydrogen-bond acceptors (Lipinski definition) is 1. The van der Waals surface area contributed by atoms with Crippen molar-refractivity contribution >= 4 is 47.8 Å². The van der Waals surface area contributed by atoms with Crippen LogP contribution in [-0.2, 0) is 0 Å². The van der Waals surface area contributed by atoms with Gasteiger partial charge in [0.15, 0.2) is 0 Å². The molecule has 1 atom stereocenters. The number of ether oxygens (including phenoxy) is 1. The molecule has 0 radical (unpaired) electrons. The van der Waals surface area contributed by atoms with Crippen molar-refractivity contribution in [3.05, 3.63) is 62.3 Å². The van der Waals surface area contributed by atoms with Gasteiger partial charge >= 0.3 is 0 Å². The largest absolute Gasteiger partial charge is 0.496 e. The summed E-state index contributed by atoms with van der Waals surface area (Å²) in [6.45, 7) is 0. The normalized spacial score (nSPS) is 12.3. The molecule has 2 rings (SSSR count). The van der Waals surface area contributed by atoms with E-state index in [1.165, 1.54) is 13.2 Å². The molecule has 2 aromatic carbocycles. The number of halogens is 4. The summed E-state index contributed by atoms with van der Waals surface area (Å²) < 4.78 is 21.2. The fourth-order valence-electron chi connectivity index (χ4n) is 1.81. The van der Waals surface area contributed by atoms with Crippen LogP contribution < -0.4 is 4.74 Å². The summed E-state index contributed by atoms with van der Waals surface area (Å²) in [7, 11) is 1.54. The summed E-state index contributed by atoms with van der Waals surface area (Å²) in [5.41, 5.74) is 1.42. The molecule has 2 aromatic rings. The number of hydrogen-bond donors (Lipinski definition) is 0. The van der Waals surface area contributed by atoms with Gasteiger partial charge < -0.3 is 4.74 Å². The van der Waals surface area contributed by atoms with E-state index >= 15 is 0 Å². The Labute approximate surface area is 136 Å². The third kappa shape index (κ3) is 3.20. The Kier molecular flexibility index (Phi) is 5.03. The van der Waals surface area contributed by atoms with Gasteiger partial charge in [-0.2, -0.15) is 0 Å². The van der Waals surface area contributed by atoms with Crippen molar-refractivity contribution < 1.29 is 9.13 Å². The molecule has 0 heterocycles. The second-order valence-corrected chi connectivity index (χ2v) is 6.57. The first-order chi connectivity index (χ1) is 9.04. The van der Waals surface area contributed by atoms with Crippen molar-refractivity contribution in [2.45, 2.75) is 4.83 Å². The molecule has 5 heteroatoms. The van der Waals surface area contributed by atoms with Gasteiger partial charge in [0.1, 0.15) is 11.6 Å². The van der Waals surface area contributed by atoms with Crippen molar-refractivity contribution in [3.63, 3.8) is 0 Å². The second-order valence-electron chi connectivity index (χ2n) is 3.88. The van der Waals surface area contributed by atoms with Gasteiger partial charge in [0.2, 0.25) is 0 Å². The molecule has 0 aliphatic rings. The van der Waals surface area contributed by atoms with Crippen molar-refractivity contribution in [1.29, 1.82) is 0 Å². The van der Waals surface area contributed by atoms with Crippen LogP contribution in [0.15, 0.2) is 45.3 Å². The van der Waals surface area contributed by atoms with E-state index in [-0.39, 0.29) is 10.6 Å². The zero-order valence-corrected chi connectivity index (χ0v) is 14.7. The third-order valence-electron chi connectivity index (χ3n) is 2.72. The second kappa shape index (κ2) is 6.37. The minimum atomic E-state index is -0.298. The predicted molar refractivity (Wildman–Crippen MR) is 85.6 cm³/mol. The first-order valence-corrected chi connectivity index (χ1v) is 7.96. The Balaban J connectivity index is 2.55. The SMILES string of the molecule is COc1cccc(F)c1C(Br)c1cc(Br)ccc1Br. The zero-order valence-electron chi connectivity index (χ0n) is 9.96. The number of benzene rings is 2. The first-order valence-electron chi connectivity index (χ1n) is 5.46. The molecule has 100 valence electrons. The van der Waals surface area contributed by atoms with Crippen LogP contribution in [0, 0.1) is 5.82 Å². The molecule has 0 aliphatic heterocycles. The molecule has 0 aromatic heterocycles. The van der Waals surface area contributed by atoms with Crippen LogP contribution in [0.5, 0.6) is 5.75 Å². The highest BCUT2D eigenvalue weighted by Gasteiger charge is 2.21. The molecule has 0 bridgehead atoms. The summed E-state index contributed by atoms with van der Waals surface area (Å²) in [6, 6.07) is 10.6. The van der Waals surface area contributed by atoms with Gasteiger partial charge in [0.05, 0.1) is 11.9 Å². The van der Waals surface area contributed by atoms with E-state index in [2.05, 4.69) is 47.8 Å². The van der Waals surface area contributed by atoms with Gasteiger partial charge in [0.25, 0.3) is 0 Å². The molecule has 19 heavy (non-hydrogen) atoms. The molecular weight excluding hydrogens is 443 g/mol. The van der Waals surface area contributed by atoms with Crippen molar-refractivity contribution in [1.82, 2.24) is 0 Å². The lowest BCUT2D eigenvalue weighted by Crippen LogP contribution is -2.01. The fourth-order valence-corrected chi connectivity index (χ4v) is 3.79. The molecule has 0 N–H and O–H groups in total. The van der Waals surface area contributed by atoms with E-state index in [1.54, 1.807) is 12.1 Å². The minimum absolute atomic E-state index is 0.296. The number of rotatable bonds is 3. The van der Waals surface area contributed by atoms with Crippen LogP contribution >= 0.6 is 47.8 Å². The lowest BCUT2D eigenvalue weighted by atomic mass is 10.0. The number of alkyl halides is 1. The van der Waals surface area contributed by atoms with Gasteiger partial charge in [-0.25, -0.2) is 4.39 Å². The van der Waals surface area contributed by atoms with Crippen LogP contribution in [0.2, 0.25) is 0 Å². The standard InChI is InChI=1S/C14H10Br3FO/c1-19-12-4-2-3-11(18)13(12)14(17)9-7-8(15)5-6-10(9)16/h2-7,14H,1H3. The Morgan fingerprint density at radius 2 is 1.89 bits per heavy atom. The Morgan fingerprint density at radius 3 is 2.58 bits per heavy atom. The molecule has 0 saturated carbocycles. The van der Waals surface area contributed by atoms with Crippen LogP contribution in [0.25, 0.3) is 0 Å². The van der Waals surface area contributed by atoms with Crippen molar-refractivity contribution in [2.75, 3.05) is 7.11 Å². The van der Waals surface area contributed by atoms with Gasteiger partial charge in [-0.1, -0.05) is 53.9 Å². The maximum absolute atomic E-state index is 14.1. The summed E-state index contributed by atoms with van der Waals surface area (Å²) in [5.74, 6) is 0.224. The average Bonchev–Trinajstić information content (AvgIpc) is 2.40. The highest BCUT2D eigenvalue weighted by atomic mass is 79.9. The molecule has 1 unspecified atom stereocenters. The van der Waals surface area contributed by atoms with E-state index in [0.717, 1.165) is 14.5 Å². The average molecular weight is 453 g/mol. The van der Waals surface area contributed by atoms with Crippen molar-refractivity contribution in [2.24, 2.45) is 0 Å². The maximum Gasteiger partial charge on any atom is 0.131 e. The van der Waals surface area contributed by atoms with Crippen LogP contribution in [-0.4, -0.2) is 7.11 Å². The predicted octanol–water partition coefficient (Wildman–Crippen LogP) is 5.84. The van der Waals surface area contributed by atoms with E-state index in [0.29, 0.717) is 11.3 Å². The van der Waals surface area contributed by atoms with Gasteiger partial charge in [-0.05, 0) is 35.9 Å². The third-order valence-corrected chi connectivity index (χ3v) is 4.88. The van der Waals surface area contributed by atoms with Crippen LogP contribution in [0.1, 0.15) is 16.0 Å². The molecule has 0 saturated heterocycles. The van der Waals surface area contributed by atoms with Gasteiger partial charge in [0, 0.05) is 14.5 Å². The summed E-state index contributed by atoms with van der Waals surface area (Å²) in [5, 5.41) is 0. The van der Waals surface area contributed by atoms with Crippen molar-refractivity contribution in [3.8, 4) is 5.75 Å². The Bertz CT molecular complexity index is 601. The molecule has 0 aliphatic carbocycles. The number of methoxy groups -OCH3 is 1. The summed E-state index contributed by atoms with van der Waals surface area (Å²) in [6.07, 6.45) is 0. The Morgan fingerprint density at radius 1 is 1.16 bits per heavy atom. The Hall–Kier alpha value is -0.390. The lowest BCUT2D eigenvalue weighted by molar-refractivity contribution is 0.405. The van der Waals surface area contributed by atoms with Crippen LogP contribution in [0.4, 0.5) is 4.39 Å². The summed E-state index contributed by atoms with van der Waals surface area (Å²) >= 11 is 10.5. The maximum atomic E-state index is 14.1. The van der Waals surface area contributed by atoms with E-state index in [4.69, 9.17) is 4.74 Å². The van der Waals surface area contributed by atoms with E-state index in [1.807, 2.05) is 18.2 Å². The molecule has 0 amide bonds. The van der Waals surface area contributed by atoms with Crippen LogP contribution in [0.3, 0.4) is 0 Å². The van der Waals surface area contributed by atoms with E-state index < -0.39 is 0 Å². The van der Waals surface area contributed by atoms with Gasteiger partial charge in [-0.3, -0.25) is 0 Å². The monoisotopic (exact) mass is 450 g/mol. The minimum Gasteiger partial charge on any atom is -0.496 e. The topological polar surface area (TPSA) is 9.23 Å². The summed E-state index contributed by atoms with van der Waals surface area (Å²) in [4.78, 5) is -0.296. The van der Waals surface area contributed by atoms with Gasteiger partial charge in [-0.15, -0.1) is 0 Å². The smallest absolute Gasteiger partial charge is 0.131 e. The van der Waals surface area contributed by atoms with E-state index in [9.17, 15) is 4.39 Å². The fraction of sp³-hybridized carbons (Fsp3) is 0.143. The lowest BCUT2D eigenvalue weighted by Gasteiger charge is -2.17.